The quantitative estimate of drug-likeness (QED) is 0.790. The highest BCUT2D eigenvalue weighted by Gasteiger charge is 2.25. The Labute approximate surface area is 129 Å². The smallest absolute Gasteiger partial charge is 0.260 e. The van der Waals surface area contributed by atoms with E-state index >= 15 is 0 Å². The minimum absolute atomic E-state index is 0.108. The Morgan fingerprint density at radius 3 is 2.90 bits per heavy atom. The second-order valence-corrected chi connectivity index (χ2v) is 7.09. The van der Waals surface area contributed by atoms with Crippen LogP contribution in [0.4, 0.5) is 4.39 Å². The lowest BCUT2D eigenvalue weighted by Crippen LogP contribution is -2.25. The summed E-state index contributed by atoms with van der Waals surface area (Å²) in [6, 6.07) is 5.95. The van der Waals surface area contributed by atoms with Gasteiger partial charge in [0.15, 0.2) is 15.1 Å². The topological polar surface area (TPSA) is 63.5 Å². The molecule has 0 bridgehead atoms. The lowest BCUT2D eigenvalue weighted by Gasteiger charge is -2.07. The van der Waals surface area contributed by atoms with Gasteiger partial charge in [0.1, 0.15) is 5.82 Å². The Balaban J connectivity index is 1.93. The van der Waals surface area contributed by atoms with Gasteiger partial charge >= 0.3 is 0 Å². The molecule has 0 aliphatic carbocycles. The molecule has 2 heterocycles. The van der Waals surface area contributed by atoms with Crippen LogP contribution in [0.5, 0.6) is 0 Å². The van der Waals surface area contributed by atoms with Gasteiger partial charge in [0.05, 0.1) is 0 Å². The molecule has 0 unspecified atom stereocenters. The number of hydrogen-bond donors (Lipinski definition) is 1. The first-order valence-electron chi connectivity index (χ1n) is 5.83. The van der Waals surface area contributed by atoms with E-state index < -0.39 is 15.8 Å². The number of imidazole rings is 1. The Morgan fingerprint density at radius 1 is 1.38 bits per heavy atom. The number of rotatable bonds is 4. The Hall–Kier alpha value is -1.48. The average molecular weight is 346 g/mol. The van der Waals surface area contributed by atoms with Crippen molar-refractivity contribution in [2.24, 2.45) is 0 Å². The van der Waals surface area contributed by atoms with Crippen molar-refractivity contribution in [2.75, 3.05) is 0 Å². The number of hydrogen-bond acceptors (Lipinski definition) is 4. The van der Waals surface area contributed by atoms with Gasteiger partial charge < -0.3 is 0 Å². The van der Waals surface area contributed by atoms with Crippen molar-refractivity contribution in [3.63, 3.8) is 0 Å². The van der Waals surface area contributed by atoms with Crippen molar-refractivity contribution >= 4 is 37.9 Å². The number of nitrogens with one attached hydrogen (secondary N) is 1. The van der Waals surface area contributed by atoms with Gasteiger partial charge in [-0.3, -0.25) is 4.40 Å². The van der Waals surface area contributed by atoms with Crippen LogP contribution in [0.2, 0.25) is 5.15 Å². The number of sulfonamides is 1. The summed E-state index contributed by atoms with van der Waals surface area (Å²) < 4.78 is 41.9. The first-order valence-corrected chi connectivity index (χ1v) is 8.57. The molecule has 0 aliphatic heterocycles. The van der Waals surface area contributed by atoms with E-state index in [4.69, 9.17) is 11.6 Å². The normalized spacial score (nSPS) is 12.1. The SMILES string of the molecule is O=S(=O)(NCc1ccccc1F)c1c(Cl)nc2sccn12. The molecule has 0 fully saturated rings. The molecular formula is C12H9ClFN3O2S2. The second kappa shape index (κ2) is 5.38. The highest BCUT2D eigenvalue weighted by atomic mass is 35.5. The highest BCUT2D eigenvalue weighted by molar-refractivity contribution is 7.89. The summed E-state index contributed by atoms with van der Waals surface area (Å²) in [6.45, 7) is -0.164. The average Bonchev–Trinajstić information content (AvgIpc) is 2.97. The summed E-state index contributed by atoms with van der Waals surface area (Å²) in [7, 11) is -3.90. The Morgan fingerprint density at radius 2 is 2.14 bits per heavy atom. The number of aromatic nitrogens is 2. The molecule has 0 saturated carbocycles. The number of fused-ring (bicyclic) bond motifs is 1. The minimum Gasteiger partial charge on any atom is -0.279 e. The molecule has 3 aromatic rings. The number of benzene rings is 1. The summed E-state index contributed by atoms with van der Waals surface area (Å²) in [5.74, 6) is -0.472. The first kappa shape index (κ1) is 14.5. The van der Waals surface area contributed by atoms with E-state index in [2.05, 4.69) is 9.71 Å². The lowest BCUT2D eigenvalue weighted by atomic mass is 10.2. The molecule has 0 atom stereocenters. The van der Waals surface area contributed by atoms with Crippen LogP contribution in [-0.2, 0) is 16.6 Å². The fourth-order valence-electron chi connectivity index (χ4n) is 1.86. The third kappa shape index (κ3) is 2.67. The van der Waals surface area contributed by atoms with Crippen LogP contribution in [0.15, 0.2) is 40.9 Å². The number of nitrogens with zero attached hydrogens (tertiary/aromatic N) is 2. The third-order valence-electron chi connectivity index (χ3n) is 2.84. The molecular weight excluding hydrogens is 337 g/mol. The van der Waals surface area contributed by atoms with Crippen LogP contribution >= 0.6 is 22.9 Å². The predicted molar refractivity (Wildman–Crippen MR) is 78.5 cm³/mol. The summed E-state index contributed by atoms with van der Waals surface area (Å²) in [5, 5.41) is 1.45. The highest BCUT2D eigenvalue weighted by Crippen LogP contribution is 2.25. The van der Waals surface area contributed by atoms with Crippen LogP contribution in [0.3, 0.4) is 0 Å². The Kier molecular flexibility index (Phi) is 3.70. The van der Waals surface area contributed by atoms with E-state index in [0.717, 1.165) is 0 Å². The molecule has 0 radical (unpaired) electrons. The van der Waals surface area contributed by atoms with Gasteiger partial charge in [-0.1, -0.05) is 29.8 Å². The van der Waals surface area contributed by atoms with E-state index in [-0.39, 0.29) is 22.3 Å². The molecule has 3 rings (SSSR count). The molecule has 110 valence electrons. The van der Waals surface area contributed by atoms with Gasteiger partial charge in [0.25, 0.3) is 10.0 Å². The third-order valence-corrected chi connectivity index (χ3v) is 5.40. The van der Waals surface area contributed by atoms with Gasteiger partial charge in [-0.25, -0.2) is 22.5 Å². The van der Waals surface area contributed by atoms with Crippen LogP contribution in [-0.4, -0.2) is 17.8 Å². The van der Waals surface area contributed by atoms with Crippen LogP contribution in [0.1, 0.15) is 5.56 Å². The van der Waals surface area contributed by atoms with E-state index in [0.29, 0.717) is 4.96 Å². The zero-order chi connectivity index (χ0) is 15.0. The Bertz CT molecular complexity index is 904. The fraction of sp³-hybridized carbons (Fsp3) is 0.0833. The standard InChI is InChI=1S/C12H9ClFN3O2S2/c13-10-11(17-5-6-20-12(17)16-10)21(18,19)15-7-8-3-1-2-4-9(8)14/h1-6,15H,7H2. The summed E-state index contributed by atoms with van der Waals surface area (Å²) in [5.41, 5.74) is 0.253. The summed E-state index contributed by atoms with van der Waals surface area (Å²) in [4.78, 5) is 4.44. The first-order chi connectivity index (χ1) is 9.99. The monoisotopic (exact) mass is 345 g/mol. The number of halogens is 2. The van der Waals surface area contributed by atoms with Crippen LogP contribution < -0.4 is 4.72 Å². The van der Waals surface area contributed by atoms with Crippen molar-refractivity contribution in [1.82, 2.24) is 14.1 Å². The maximum Gasteiger partial charge on any atom is 0.260 e. The van der Waals surface area contributed by atoms with E-state index in [1.807, 2.05) is 0 Å². The maximum atomic E-state index is 13.5. The van der Waals surface area contributed by atoms with Crippen molar-refractivity contribution < 1.29 is 12.8 Å². The molecule has 2 aromatic heterocycles. The largest absolute Gasteiger partial charge is 0.279 e. The summed E-state index contributed by atoms with van der Waals surface area (Å²) >= 11 is 7.16. The van der Waals surface area contributed by atoms with Crippen LogP contribution in [0, 0.1) is 5.82 Å². The van der Waals surface area contributed by atoms with Gasteiger partial charge in [-0.05, 0) is 6.07 Å². The van der Waals surface area contributed by atoms with E-state index in [9.17, 15) is 12.8 Å². The molecule has 5 nitrogen and oxygen atoms in total. The van der Waals surface area contributed by atoms with Crippen molar-refractivity contribution in [3.05, 3.63) is 52.4 Å². The van der Waals surface area contributed by atoms with E-state index in [1.54, 1.807) is 17.6 Å². The molecule has 9 heteroatoms. The van der Waals surface area contributed by atoms with Crippen molar-refractivity contribution in [3.8, 4) is 0 Å². The molecule has 0 aliphatic rings. The molecule has 1 N–H and O–H groups in total. The lowest BCUT2D eigenvalue weighted by molar-refractivity contribution is 0.570. The van der Waals surface area contributed by atoms with Crippen molar-refractivity contribution in [2.45, 2.75) is 11.6 Å². The van der Waals surface area contributed by atoms with Gasteiger partial charge in [0, 0.05) is 23.7 Å². The fourth-order valence-corrected chi connectivity index (χ4v) is 4.32. The van der Waals surface area contributed by atoms with Gasteiger partial charge in [0.2, 0.25) is 0 Å². The zero-order valence-electron chi connectivity index (χ0n) is 10.5. The van der Waals surface area contributed by atoms with Crippen LogP contribution in [0.25, 0.3) is 4.96 Å². The zero-order valence-corrected chi connectivity index (χ0v) is 12.8. The van der Waals surface area contributed by atoms with Gasteiger partial charge in [-0.15, -0.1) is 11.3 Å². The molecule has 0 spiro atoms. The second-order valence-electron chi connectivity index (χ2n) is 4.18. The van der Waals surface area contributed by atoms with Gasteiger partial charge in [-0.2, -0.15) is 0 Å². The summed E-state index contributed by atoms with van der Waals surface area (Å²) in [6.07, 6.45) is 1.57. The molecule has 0 saturated heterocycles. The number of thiazole rings is 1. The maximum absolute atomic E-state index is 13.5. The predicted octanol–water partition coefficient (Wildman–Crippen LogP) is 2.67. The molecule has 1 aromatic carbocycles. The minimum atomic E-state index is -3.90. The molecule has 21 heavy (non-hydrogen) atoms. The van der Waals surface area contributed by atoms with Crippen molar-refractivity contribution in [1.29, 1.82) is 0 Å². The van der Waals surface area contributed by atoms with E-state index in [1.165, 1.54) is 33.9 Å². The molecule has 0 amide bonds.